The minimum atomic E-state index is -4.64. The fraction of sp³-hybridized carbons (Fsp3) is 0.639. The Morgan fingerprint density at radius 2 is 1.10 bits per heavy atom. The van der Waals surface area contributed by atoms with Gasteiger partial charge in [-0.15, -0.1) is 12.4 Å². The lowest BCUT2D eigenvalue weighted by atomic mass is 10.0. The second-order valence-corrected chi connectivity index (χ2v) is 14.5. The van der Waals surface area contributed by atoms with E-state index >= 15 is 0 Å². The zero-order chi connectivity index (χ0) is 37.6. The van der Waals surface area contributed by atoms with Gasteiger partial charge in [0, 0.05) is 35.1 Å². The van der Waals surface area contributed by atoms with Crippen molar-refractivity contribution in [2.45, 2.75) is 55.4 Å². The number of nitrogens with one attached hydrogen (secondary N) is 4. The Balaban J connectivity index is 0. The quantitative estimate of drug-likeness (QED) is 0.0484. The van der Waals surface area contributed by atoms with Gasteiger partial charge in [-0.2, -0.15) is 62.0 Å². The molecule has 0 amide bonds. The summed E-state index contributed by atoms with van der Waals surface area (Å²) in [5.74, 6) is 9.50. The van der Waals surface area contributed by atoms with Crippen LogP contribution in [-0.4, -0.2) is 103 Å². The predicted molar refractivity (Wildman–Crippen MR) is 224 cm³/mol. The number of hydrogen-bond donors (Lipinski definition) is 6. The average molecular weight is 820 g/mol. The first kappa shape index (κ1) is 52.1. The summed E-state index contributed by atoms with van der Waals surface area (Å²) in [5.41, 5.74) is 2.71. The van der Waals surface area contributed by atoms with E-state index in [-0.39, 0.29) is 12.4 Å². The SMILES string of the molecule is CNC[C@@H](CC[C@H](CSCc1ccc(OC)cc1)NC)CSCc1ccc(OC)cc1.CNC[C@H](CS)CC[C@H](CS)NC.Cl.O=CC(F)(F)F. The van der Waals surface area contributed by atoms with Crippen molar-refractivity contribution >= 4 is 67.5 Å². The number of carbonyl (C=O) groups is 1. The standard InChI is InChI=1S/C25H38N2O2S2.C9H22N2S2.C2HF3O.ClH/c1-26-15-22(18-30-16-20-6-11-24(28-3)12-7-20)5-10-23(27-2)19-31-17-21-8-13-25(29-4)14-9-21;1-10-5-8(6-12)3-4-9(7-13)11-2;3-2(4,5)1-6;/h6-9,11-14,22-23,26-27H,5,10,15-19H2,1-4H3;8-13H,3-7H2,1-2H3;1H;1H/t22-,23-;8-,9-;;/m11../s1. The molecule has 0 aliphatic heterocycles. The molecule has 0 saturated carbocycles. The highest BCUT2D eigenvalue weighted by atomic mass is 35.5. The summed E-state index contributed by atoms with van der Waals surface area (Å²) in [7, 11) is 11.5. The van der Waals surface area contributed by atoms with Gasteiger partial charge < -0.3 is 30.7 Å². The molecule has 4 atom stereocenters. The van der Waals surface area contributed by atoms with Crippen molar-refractivity contribution in [1.82, 2.24) is 21.3 Å². The number of methoxy groups -OCH3 is 2. The third-order valence-corrected chi connectivity index (χ3v) is 11.2. The normalized spacial score (nSPS) is 13.2. The van der Waals surface area contributed by atoms with Gasteiger partial charge in [0.1, 0.15) is 11.5 Å². The third-order valence-electron chi connectivity index (χ3n) is 7.79. The molecule has 15 heteroatoms. The monoisotopic (exact) mass is 818 g/mol. The molecule has 0 spiro atoms. The van der Waals surface area contributed by atoms with Gasteiger partial charge in [-0.1, -0.05) is 24.3 Å². The van der Waals surface area contributed by atoms with Crippen LogP contribution in [0.25, 0.3) is 0 Å². The van der Waals surface area contributed by atoms with Crippen LogP contribution < -0.4 is 30.7 Å². The molecule has 4 N–H and O–H groups in total. The van der Waals surface area contributed by atoms with E-state index < -0.39 is 12.5 Å². The first-order valence-corrected chi connectivity index (χ1v) is 20.4. The van der Waals surface area contributed by atoms with E-state index in [4.69, 9.17) is 14.3 Å². The van der Waals surface area contributed by atoms with E-state index in [2.05, 4.69) is 84.9 Å². The first-order valence-electron chi connectivity index (χ1n) is 16.8. The van der Waals surface area contributed by atoms with Gasteiger partial charge in [0.15, 0.2) is 0 Å². The van der Waals surface area contributed by atoms with Gasteiger partial charge in [0.25, 0.3) is 0 Å². The molecule has 2 aromatic carbocycles. The number of carbonyl (C=O) groups excluding carboxylic acids is 1. The maximum atomic E-state index is 10.4. The maximum Gasteiger partial charge on any atom is 0.446 e. The number of aldehydes is 1. The molecule has 7 nitrogen and oxygen atoms in total. The summed E-state index contributed by atoms with van der Waals surface area (Å²) in [5, 5.41) is 13.3. The molecule has 0 bridgehead atoms. The molecule has 296 valence electrons. The van der Waals surface area contributed by atoms with Crippen molar-refractivity contribution in [2.24, 2.45) is 11.8 Å². The summed E-state index contributed by atoms with van der Waals surface area (Å²) < 4.78 is 41.7. The number of hydrogen-bond acceptors (Lipinski definition) is 11. The summed E-state index contributed by atoms with van der Waals surface area (Å²) in [6, 6.07) is 17.9. The average Bonchev–Trinajstić information content (AvgIpc) is 3.13. The zero-order valence-electron chi connectivity index (χ0n) is 31.0. The lowest BCUT2D eigenvalue weighted by molar-refractivity contribution is -0.156. The largest absolute Gasteiger partial charge is 0.497 e. The van der Waals surface area contributed by atoms with Crippen molar-refractivity contribution in [1.29, 1.82) is 0 Å². The number of thiol groups is 2. The minimum Gasteiger partial charge on any atom is -0.497 e. The Labute approximate surface area is 331 Å². The van der Waals surface area contributed by atoms with Crippen molar-refractivity contribution in [3.63, 3.8) is 0 Å². The van der Waals surface area contributed by atoms with Crippen LogP contribution in [0, 0.1) is 11.8 Å². The summed E-state index contributed by atoms with van der Waals surface area (Å²) >= 11 is 12.6. The van der Waals surface area contributed by atoms with E-state index in [0.717, 1.165) is 53.4 Å². The molecule has 0 aliphatic carbocycles. The summed E-state index contributed by atoms with van der Waals surface area (Å²) in [6.45, 7) is 2.14. The fourth-order valence-corrected chi connectivity index (χ4v) is 7.70. The van der Waals surface area contributed by atoms with Crippen LogP contribution in [0.2, 0.25) is 0 Å². The molecule has 0 aliphatic rings. The van der Waals surface area contributed by atoms with Crippen molar-refractivity contribution < 1.29 is 27.4 Å². The molecule has 0 saturated heterocycles. The number of alkyl halides is 3. The molecule has 2 aromatic rings. The van der Waals surface area contributed by atoms with Crippen molar-refractivity contribution in [3.8, 4) is 11.5 Å². The van der Waals surface area contributed by atoms with Gasteiger partial charge >= 0.3 is 6.18 Å². The Hall–Kier alpha value is -0.970. The van der Waals surface area contributed by atoms with Gasteiger partial charge in [-0.25, -0.2) is 0 Å². The Bertz CT molecular complexity index is 1080. The fourth-order valence-electron chi connectivity index (χ4n) is 4.70. The van der Waals surface area contributed by atoms with Crippen LogP contribution in [0.4, 0.5) is 13.2 Å². The molecule has 2 rings (SSSR count). The number of halogens is 4. The summed E-state index contributed by atoms with van der Waals surface area (Å²) in [4.78, 5) is 8.70. The third kappa shape index (κ3) is 28.2. The molecule has 0 radical (unpaired) electrons. The smallest absolute Gasteiger partial charge is 0.446 e. The molecule has 51 heavy (non-hydrogen) atoms. The number of benzene rings is 2. The molecule has 0 heterocycles. The van der Waals surface area contributed by atoms with Crippen LogP contribution in [0.15, 0.2) is 48.5 Å². The van der Waals surface area contributed by atoms with E-state index in [1.807, 2.05) is 61.9 Å². The van der Waals surface area contributed by atoms with Crippen LogP contribution in [0.3, 0.4) is 0 Å². The van der Waals surface area contributed by atoms with Crippen LogP contribution in [0.1, 0.15) is 36.8 Å². The van der Waals surface area contributed by atoms with Crippen molar-refractivity contribution in [3.05, 3.63) is 59.7 Å². The van der Waals surface area contributed by atoms with Crippen LogP contribution >= 0.6 is 61.2 Å². The predicted octanol–water partition coefficient (Wildman–Crippen LogP) is 7.29. The molecule has 0 unspecified atom stereocenters. The number of ether oxygens (including phenoxy) is 2. The highest BCUT2D eigenvalue weighted by Gasteiger charge is 2.25. The lowest BCUT2D eigenvalue weighted by Gasteiger charge is -2.21. The summed E-state index contributed by atoms with van der Waals surface area (Å²) in [6.07, 6.45) is -0.844. The topological polar surface area (TPSA) is 83.7 Å². The van der Waals surface area contributed by atoms with Crippen LogP contribution in [-0.2, 0) is 16.3 Å². The second kappa shape index (κ2) is 33.6. The van der Waals surface area contributed by atoms with E-state index in [1.54, 1.807) is 14.2 Å². The zero-order valence-corrected chi connectivity index (χ0v) is 35.2. The van der Waals surface area contributed by atoms with Gasteiger partial charge in [-0.3, -0.25) is 4.79 Å². The minimum absolute atomic E-state index is 0. The Morgan fingerprint density at radius 3 is 1.47 bits per heavy atom. The van der Waals surface area contributed by atoms with Gasteiger partial charge in [-0.05, 0) is 126 Å². The van der Waals surface area contributed by atoms with E-state index in [1.165, 1.54) is 42.6 Å². The van der Waals surface area contributed by atoms with E-state index in [9.17, 15) is 13.2 Å². The Morgan fingerprint density at radius 1 is 0.686 bits per heavy atom. The molecule has 0 fully saturated rings. The Kier molecular flexibility index (Phi) is 34.3. The number of rotatable bonds is 24. The maximum absolute atomic E-state index is 10.4. The highest BCUT2D eigenvalue weighted by molar-refractivity contribution is 7.98. The second-order valence-electron chi connectivity index (χ2n) is 11.7. The molecular formula is C36H62ClF3N4O3S4. The van der Waals surface area contributed by atoms with Gasteiger partial charge in [0.2, 0.25) is 6.29 Å². The highest BCUT2D eigenvalue weighted by Crippen LogP contribution is 2.23. The van der Waals surface area contributed by atoms with E-state index in [0.29, 0.717) is 23.9 Å². The first-order chi connectivity index (χ1) is 24.0. The lowest BCUT2D eigenvalue weighted by Crippen LogP contribution is -2.30. The molecular weight excluding hydrogens is 757 g/mol. The number of thioether (sulfide) groups is 2. The van der Waals surface area contributed by atoms with Crippen molar-refractivity contribution in [2.75, 3.05) is 78.5 Å². The van der Waals surface area contributed by atoms with Gasteiger partial charge in [0.05, 0.1) is 14.2 Å². The van der Waals surface area contributed by atoms with Crippen LogP contribution in [0.5, 0.6) is 11.5 Å². The molecule has 0 aromatic heterocycles.